The van der Waals surface area contributed by atoms with Crippen molar-refractivity contribution in [2.45, 2.75) is 39.2 Å². The molecule has 31 heavy (non-hydrogen) atoms. The van der Waals surface area contributed by atoms with Crippen LogP contribution >= 0.6 is 23.2 Å². The first-order chi connectivity index (χ1) is 14.9. The summed E-state index contributed by atoms with van der Waals surface area (Å²) in [7, 11) is 0. The normalized spacial score (nSPS) is 18.3. The van der Waals surface area contributed by atoms with Gasteiger partial charge >= 0.3 is 6.03 Å². The zero-order valence-electron chi connectivity index (χ0n) is 17.7. The van der Waals surface area contributed by atoms with E-state index in [1.807, 2.05) is 31.2 Å². The Morgan fingerprint density at radius 2 is 1.48 bits per heavy atom. The molecule has 0 atom stereocenters. The summed E-state index contributed by atoms with van der Waals surface area (Å²) in [6, 6.07) is 13.1. The number of urea groups is 1. The van der Waals surface area contributed by atoms with E-state index >= 15 is 0 Å². The molecule has 3 rings (SSSR count). The van der Waals surface area contributed by atoms with Gasteiger partial charge in [-0.3, -0.25) is 4.79 Å². The van der Waals surface area contributed by atoms with E-state index in [0.717, 1.165) is 31.2 Å². The minimum absolute atomic E-state index is 0.131. The van der Waals surface area contributed by atoms with E-state index < -0.39 is 0 Å². The number of nitrogens with one attached hydrogen (secondary N) is 3. The molecule has 1 saturated carbocycles. The Morgan fingerprint density at radius 1 is 0.871 bits per heavy atom. The minimum Gasteiger partial charge on any atom is -0.352 e. The van der Waals surface area contributed by atoms with Crippen LogP contribution in [0.3, 0.4) is 0 Å². The van der Waals surface area contributed by atoms with Gasteiger partial charge in [-0.1, -0.05) is 59.1 Å². The number of amides is 3. The van der Waals surface area contributed by atoms with Crippen LogP contribution in [0.2, 0.25) is 10.0 Å². The van der Waals surface area contributed by atoms with Crippen molar-refractivity contribution in [3.05, 3.63) is 69.2 Å². The van der Waals surface area contributed by atoms with Crippen molar-refractivity contribution in [1.82, 2.24) is 16.0 Å². The Kier molecular flexibility index (Phi) is 8.61. The molecule has 0 aliphatic heterocycles. The molecule has 1 aliphatic rings. The zero-order valence-corrected chi connectivity index (χ0v) is 19.2. The summed E-state index contributed by atoms with van der Waals surface area (Å²) in [5.41, 5.74) is 2.70. The molecule has 0 radical (unpaired) electrons. The van der Waals surface area contributed by atoms with Gasteiger partial charge in [-0.15, -0.1) is 0 Å². The van der Waals surface area contributed by atoms with Gasteiger partial charge in [0, 0.05) is 19.6 Å². The van der Waals surface area contributed by atoms with Crippen molar-refractivity contribution < 1.29 is 9.59 Å². The minimum atomic E-state index is -0.193. The Hall–Kier alpha value is -2.24. The lowest BCUT2D eigenvalue weighted by Gasteiger charge is -2.28. The molecule has 0 saturated heterocycles. The summed E-state index contributed by atoms with van der Waals surface area (Å²) < 4.78 is 0. The number of carbonyl (C=O) groups excluding carboxylic acids is 2. The van der Waals surface area contributed by atoms with Gasteiger partial charge in [-0.05, 0) is 62.1 Å². The number of halogens is 2. The Balaban J connectivity index is 1.32. The number of hydrogen-bond acceptors (Lipinski definition) is 2. The summed E-state index contributed by atoms with van der Waals surface area (Å²) in [5.74, 6) is 0.717. The number of hydrogen-bond donors (Lipinski definition) is 3. The smallest absolute Gasteiger partial charge is 0.315 e. The molecule has 0 heterocycles. The average Bonchev–Trinajstić information content (AvgIpc) is 2.78. The molecule has 1 aliphatic carbocycles. The number of benzene rings is 2. The van der Waals surface area contributed by atoms with Crippen LogP contribution in [-0.2, 0) is 6.54 Å². The van der Waals surface area contributed by atoms with E-state index in [2.05, 4.69) is 16.0 Å². The topological polar surface area (TPSA) is 70.2 Å². The van der Waals surface area contributed by atoms with E-state index in [1.54, 1.807) is 18.2 Å². The molecule has 166 valence electrons. The third kappa shape index (κ3) is 7.15. The first kappa shape index (κ1) is 23.4. The van der Waals surface area contributed by atoms with Gasteiger partial charge in [0.15, 0.2) is 0 Å². The third-order valence-corrected chi connectivity index (χ3v) is 6.66. The van der Waals surface area contributed by atoms with Gasteiger partial charge < -0.3 is 16.0 Å². The fraction of sp³-hybridized carbons (Fsp3) is 0.417. The molecule has 7 heteroatoms. The highest BCUT2D eigenvalue weighted by atomic mass is 35.5. The van der Waals surface area contributed by atoms with Crippen molar-refractivity contribution in [1.29, 1.82) is 0 Å². The van der Waals surface area contributed by atoms with Crippen molar-refractivity contribution in [2.24, 2.45) is 11.8 Å². The lowest BCUT2D eigenvalue weighted by molar-refractivity contribution is 0.0941. The van der Waals surface area contributed by atoms with Crippen molar-refractivity contribution in [3.63, 3.8) is 0 Å². The molecule has 2 aromatic carbocycles. The van der Waals surface area contributed by atoms with Gasteiger partial charge in [0.2, 0.25) is 0 Å². The van der Waals surface area contributed by atoms with Crippen molar-refractivity contribution >= 4 is 35.1 Å². The molecule has 1 fully saturated rings. The largest absolute Gasteiger partial charge is 0.352 e. The Morgan fingerprint density at radius 3 is 2.13 bits per heavy atom. The Bertz CT molecular complexity index is 894. The second-order valence-electron chi connectivity index (χ2n) is 8.25. The standard InChI is InChI=1S/C24H29Cl2N3O2/c1-16-5-7-17(8-6-16)14-28-24(31)29-15-19-11-9-18(10-12-19)13-27-23(30)20-3-2-4-21(25)22(20)26/h2-8,18-19H,9-15H2,1H3,(H,27,30)(H2,28,29,31). The molecule has 0 unspecified atom stereocenters. The van der Waals surface area contributed by atoms with E-state index in [1.165, 1.54) is 5.56 Å². The van der Waals surface area contributed by atoms with Crippen LogP contribution in [0.5, 0.6) is 0 Å². The first-order valence-electron chi connectivity index (χ1n) is 10.7. The second kappa shape index (κ2) is 11.4. The molecule has 5 nitrogen and oxygen atoms in total. The predicted octanol–water partition coefficient (Wildman–Crippen LogP) is 5.34. The highest BCUT2D eigenvalue weighted by molar-refractivity contribution is 6.43. The highest BCUT2D eigenvalue weighted by Gasteiger charge is 2.22. The SMILES string of the molecule is Cc1ccc(CNC(=O)NCC2CCC(CNC(=O)c3cccc(Cl)c3Cl)CC2)cc1. The lowest BCUT2D eigenvalue weighted by atomic mass is 9.82. The predicted molar refractivity (Wildman–Crippen MR) is 126 cm³/mol. The van der Waals surface area contributed by atoms with Crippen LogP contribution < -0.4 is 16.0 Å². The molecule has 3 amide bonds. The number of carbonyl (C=O) groups is 2. The molecule has 0 spiro atoms. The van der Waals surface area contributed by atoms with E-state index in [-0.39, 0.29) is 17.0 Å². The monoisotopic (exact) mass is 461 g/mol. The van der Waals surface area contributed by atoms with Crippen LogP contribution in [0, 0.1) is 18.8 Å². The average molecular weight is 462 g/mol. The van der Waals surface area contributed by atoms with Gasteiger partial charge in [-0.2, -0.15) is 0 Å². The van der Waals surface area contributed by atoms with E-state index in [9.17, 15) is 9.59 Å². The van der Waals surface area contributed by atoms with Crippen LogP contribution in [0.4, 0.5) is 4.79 Å². The third-order valence-electron chi connectivity index (χ3n) is 5.84. The maximum Gasteiger partial charge on any atom is 0.315 e. The molecular formula is C24H29Cl2N3O2. The second-order valence-corrected chi connectivity index (χ2v) is 9.03. The molecular weight excluding hydrogens is 433 g/mol. The Labute approximate surface area is 193 Å². The van der Waals surface area contributed by atoms with E-state index in [4.69, 9.17) is 23.2 Å². The van der Waals surface area contributed by atoms with Gasteiger partial charge in [0.25, 0.3) is 5.91 Å². The van der Waals surface area contributed by atoms with Crippen LogP contribution in [-0.4, -0.2) is 25.0 Å². The summed E-state index contributed by atoms with van der Waals surface area (Å²) in [6.07, 6.45) is 4.13. The lowest BCUT2D eigenvalue weighted by Crippen LogP contribution is -2.39. The fourth-order valence-corrected chi connectivity index (χ4v) is 4.23. The maximum atomic E-state index is 12.4. The number of aryl methyl sites for hydroxylation is 1. The molecule has 3 N–H and O–H groups in total. The summed E-state index contributed by atoms with van der Waals surface area (Å²) in [6.45, 7) is 3.87. The number of rotatable bonds is 7. The summed E-state index contributed by atoms with van der Waals surface area (Å²) >= 11 is 12.1. The quantitative estimate of drug-likeness (QED) is 0.520. The van der Waals surface area contributed by atoms with Crippen LogP contribution in [0.15, 0.2) is 42.5 Å². The summed E-state index contributed by atoms with van der Waals surface area (Å²) in [4.78, 5) is 24.4. The van der Waals surface area contributed by atoms with Gasteiger partial charge in [0.05, 0.1) is 15.6 Å². The molecule has 0 bridgehead atoms. The van der Waals surface area contributed by atoms with Crippen molar-refractivity contribution in [2.75, 3.05) is 13.1 Å². The van der Waals surface area contributed by atoms with Gasteiger partial charge in [0.1, 0.15) is 0 Å². The highest BCUT2D eigenvalue weighted by Crippen LogP contribution is 2.29. The molecule has 2 aromatic rings. The van der Waals surface area contributed by atoms with Gasteiger partial charge in [-0.25, -0.2) is 4.79 Å². The zero-order chi connectivity index (χ0) is 22.2. The fourth-order valence-electron chi connectivity index (χ4n) is 3.84. The first-order valence-corrected chi connectivity index (χ1v) is 11.5. The van der Waals surface area contributed by atoms with Crippen LogP contribution in [0.1, 0.15) is 47.2 Å². The maximum absolute atomic E-state index is 12.4. The molecule has 0 aromatic heterocycles. The van der Waals surface area contributed by atoms with E-state index in [0.29, 0.717) is 42.1 Å². The van der Waals surface area contributed by atoms with Crippen LogP contribution in [0.25, 0.3) is 0 Å². The summed E-state index contributed by atoms with van der Waals surface area (Å²) in [5, 5.41) is 9.54. The van der Waals surface area contributed by atoms with Crippen molar-refractivity contribution in [3.8, 4) is 0 Å².